The summed E-state index contributed by atoms with van der Waals surface area (Å²) in [5.41, 5.74) is 1.28. The molecule has 27 heavy (non-hydrogen) atoms. The van der Waals surface area contributed by atoms with E-state index < -0.39 is 15.9 Å². The van der Waals surface area contributed by atoms with E-state index in [1.807, 2.05) is 0 Å². The molecule has 0 spiro atoms. The molecule has 2 N–H and O–H groups in total. The molecule has 0 bridgehead atoms. The Hall–Kier alpha value is -2.77. The minimum Gasteiger partial charge on any atom is -0.456 e. The topological polar surface area (TPSA) is 88.4 Å². The van der Waals surface area contributed by atoms with E-state index in [2.05, 4.69) is 10.0 Å². The lowest BCUT2D eigenvalue weighted by atomic mass is 10.2. The van der Waals surface area contributed by atoms with Crippen LogP contribution in [-0.2, 0) is 10.0 Å². The van der Waals surface area contributed by atoms with Crippen LogP contribution in [-0.4, -0.2) is 14.3 Å². The first-order valence-electron chi connectivity index (χ1n) is 8.01. The van der Waals surface area contributed by atoms with Crippen molar-refractivity contribution in [3.05, 3.63) is 76.7 Å². The SMILES string of the molecule is Cc1ccc(C(=O)Nc2ccc(C)c(S(=O)(=O)Nc3ccc(Cl)cc3)c2)o1. The molecule has 0 radical (unpaired) electrons. The van der Waals surface area contributed by atoms with Gasteiger partial charge in [-0.1, -0.05) is 17.7 Å². The van der Waals surface area contributed by atoms with Gasteiger partial charge in [0.1, 0.15) is 5.76 Å². The number of furan rings is 1. The van der Waals surface area contributed by atoms with Gasteiger partial charge in [-0.25, -0.2) is 8.42 Å². The number of aryl methyl sites for hydroxylation is 2. The predicted octanol–water partition coefficient (Wildman–Crippen LogP) is 4.60. The molecule has 0 atom stereocenters. The van der Waals surface area contributed by atoms with Crippen molar-refractivity contribution < 1.29 is 17.6 Å². The van der Waals surface area contributed by atoms with Gasteiger partial charge in [0, 0.05) is 16.4 Å². The van der Waals surface area contributed by atoms with Crippen LogP contribution in [0.2, 0.25) is 5.02 Å². The van der Waals surface area contributed by atoms with Crippen molar-refractivity contribution in [2.45, 2.75) is 18.7 Å². The van der Waals surface area contributed by atoms with E-state index in [1.165, 1.54) is 6.07 Å². The lowest BCUT2D eigenvalue weighted by molar-refractivity contribution is 0.0995. The van der Waals surface area contributed by atoms with Crippen LogP contribution < -0.4 is 10.0 Å². The number of hydrogen-bond donors (Lipinski definition) is 2. The van der Waals surface area contributed by atoms with Crippen LogP contribution in [0.4, 0.5) is 11.4 Å². The van der Waals surface area contributed by atoms with Crippen molar-refractivity contribution >= 4 is 38.9 Å². The van der Waals surface area contributed by atoms with Crippen LogP contribution in [0.25, 0.3) is 0 Å². The molecule has 2 aromatic carbocycles. The number of amides is 1. The quantitative estimate of drug-likeness (QED) is 0.650. The van der Waals surface area contributed by atoms with Crippen LogP contribution in [0.3, 0.4) is 0 Å². The maximum absolute atomic E-state index is 12.7. The zero-order valence-electron chi connectivity index (χ0n) is 14.6. The van der Waals surface area contributed by atoms with Gasteiger partial charge in [0.25, 0.3) is 15.9 Å². The van der Waals surface area contributed by atoms with E-state index in [-0.39, 0.29) is 10.7 Å². The third-order valence-electron chi connectivity index (χ3n) is 3.80. The predicted molar refractivity (Wildman–Crippen MR) is 105 cm³/mol. The van der Waals surface area contributed by atoms with E-state index in [1.54, 1.807) is 62.4 Å². The molecule has 1 heterocycles. The van der Waals surface area contributed by atoms with E-state index in [0.717, 1.165) is 0 Å². The van der Waals surface area contributed by atoms with E-state index in [4.69, 9.17) is 16.0 Å². The zero-order valence-corrected chi connectivity index (χ0v) is 16.2. The van der Waals surface area contributed by atoms with E-state index in [9.17, 15) is 13.2 Å². The third kappa shape index (κ3) is 4.50. The number of carbonyl (C=O) groups is 1. The van der Waals surface area contributed by atoms with Gasteiger partial charge in [-0.3, -0.25) is 9.52 Å². The number of hydrogen-bond acceptors (Lipinski definition) is 4. The Morgan fingerprint density at radius 3 is 2.26 bits per heavy atom. The average Bonchev–Trinajstić information content (AvgIpc) is 3.05. The molecule has 1 amide bonds. The second kappa shape index (κ2) is 7.46. The fraction of sp³-hybridized carbons (Fsp3) is 0.105. The second-order valence-corrected chi connectivity index (χ2v) is 8.04. The van der Waals surface area contributed by atoms with Crippen LogP contribution >= 0.6 is 11.6 Å². The highest BCUT2D eigenvalue weighted by Gasteiger charge is 2.19. The van der Waals surface area contributed by atoms with Gasteiger partial charge in [0.05, 0.1) is 4.90 Å². The maximum Gasteiger partial charge on any atom is 0.291 e. The van der Waals surface area contributed by atoms with E-state index >= 15 is 0 Å². The summed E-state index contributed by atoms with van der Waals surface area (Å²) >= 11 is 5.82. The summed E-state index contributed by atoms with van der Waals surface area (Å²) in [6.07, 6.45) is 0. The molecule has 0 aliphatic rings. The summed E-state index contributed by atoms with van der Waals surface area (Å²) in [5, 5.41) is 3.15. The summed E-state index contributed by atoms with van der Waals surface area (Å²) in [4.78, 5) is 12.3. The van der Waals surface area contributed by atoms with E-state index in [0.29, 0.717) is 27.7 Å². The van der Waals surface area contributed by atoms with Crippen LogP contribution in [0.15, 0.2) is 63.9 Å². The van der Waals surface area contributed by atoms with Crippen molar-refractivity contribution in [3.63, 3.8) is 0 Å². The van der Waals surface area contributed by atoms with Crippen molar-refractivity contribution in [1.29, 1.82) is 0 Å². The Morgan fingerprint density at radius 2 is 1.63 bits per heavy atom. The van der Waals surface area contributed by atoms with Crippen molar-refractivity contribution in [2.24, 2.45) is 0 Å². The Kier molecular flexibility index (Phi) is 5.25. The normalized spacial score (nSPS) is 11.2. The number of benzene rings is 2. The molecule has 3 aromatic rings. The number of anilines is 2. The number of nitrogens with one attached hydrogen (secondary N) is 2. The fourth-order valence-corrected chi connectivity index (χ4v) is 3.90. The van der Waals surface area contributed by atoms with Gasteiger partial charge in [-0.2, -0.15) is 0 Å². The molecule has 0 saturated carbocycles. The maximum atomic E-state index is 12.7. The highest BCUT2D eigenvalue weighted by Crippen LogP contribution is 2.24. The Labute approximate surface area is 162 Å². The van der Waals surface area contributed by atoms with Gasteiger partial charge in [0.15, 0.2) is 5.76 Å². The molecule has 0 fully saturated rings. The summed E-state index contributed by atoms with van der Waals surface area (Å²) in [7, 11) is -3.84. The fourth-order valence-electron chi connectivity index (χ4n) is 2.44. The standard InChI is InChI=1S/C19H17ClN2O4S/c1-12-3-7-16(21-19(23)17-10-4-13(2)26-17)11-18(12)27(24,25)22-15-8-5-14(20)6-9-15/h3-11,22H,1-2H3,(H,21,23). The monoisotopic (exact) mass is 404 g/mol. The summed E-state index contributed by atoms with van der Waals surface area (Å²) in [6, 6.07) is 14.2. The Bertz CT molecular complexity index is 1090. The number of carbonyl (C=O) groups excluding carboxylic acids is 1. The molecule has 0 aliphatic carbocycles. The van der Waals surface area contributed by atoms with Crippen molar-refractivity contribution in [1.82, 2.24) is 0 Å². The van der Waals surface area contributed by atoms with Gasteiger partial charge >= 0.3 is 0 Å². The molecule has 6 nitrogen and oxygen atoms in total. The highest BCUT2D eigenvalue weighted by atomic mass is 35.5. The molecule has 8 heteroatoms. The second-order valence-electron chi connectivity index (χ2n) is 5.96. The van der Waals surface area contributed by atoms with Crippen LogP contribution in [0.5, 0.6) is 0 Å². The molecule has 3 rings (SSSR count). The summed E-state index contributed by atoms with van der Waals surface area (Å²) in [5.74, 6) is 0.303. The zero-order chi connectivity index (χ0) is 19.6. The smallest absolute Gasteiger partial charge is 0.291 e. The highest BCUT2D eigenvalue weighted by molar-refractivity contribution is 7.92. The molecular weight excluding hydrogens is 388 g/mol. The van der Waals surface area contributed by atoms with Crippen molar-refractivity contribution in [2.75, 3.05) is 10.0 Å². The molecule has 0 saturated heterocycles. The lowest BCUT2D eigenvalue weighted by Gasteiger charge is -2.12. The van der Waals surface area contributed by atoms with Crippen molar-refractivity contribution in [3.8, 4) is 0 Å². The summed E-state index contributed by atoms with van der Waals surface area (Å²) < 4.78 is 33.3. The van der Waals surface area contributed by atoms with Gasteiger partial charge in [0.2, 0.25) is 0 Å². The number of sulfonamides is 1. The Morgan fingerprint density at radius 1 is 0.963 bits per heavy atom. The number of rotatable bonds is 5. The van der Waals surface area contributed by atoms with Crippen LogP contribution in [0.1, 0.15) is 21.9 Å². The Balaban J connectivity index is 1.85. The van der Waals surface area contributed by atoms with Gasteiger partial charge in [-0.05, 0) is 67.9 Å². The van der Waals surface area contributed by atoms with Gasteiger partial charge in [-0.15, -0.1) is 0 Å². The first-order valence-corrected chi connectivity index (χ1v) is 9.87. The molecule has 140 valence electrons. The largest absolute Gasteiger partial charge is 0.456 e. The lowest BCUT2D eigenvalue weighted by Crippen LogP contribution is -2.16. The van der Waals surface area contributed by atoms with Crippen LogP contribution in [0, 0.1) is 13.8 Å². The molecular formula is C19H17ClN2O4S. The molecule has 1 aromatic heterocycles. The average molecular weight is 405 g/mol. The molecule has 0 aliphatic heterocycles. The first kappa shape index (κ1) is 19.0. The van der Waals surface area contributed by atoms with Gasteiger partial charge < -0.3 is 9.73 Å². The number of halogens is 1. The molecule has 0 unspecified atom stereocenters. The third-order valence-corrected chi connectivity index (χ3v) is 5.57. The minimum atomic E-state index is -3.84. The summed E-state index contributed by atoms with van der Waals surface area (Å²) in [6.45, 7) is 3.41. The minimum absolute atomic E-state index is 0.0610. The first-order chi connectivity index (χ1) is 12.7.